The molecular weight excluding hydrogens is 370 g/mol. The standard InChI is InChI=1S/C18H20N2O2S.C4H9N/c1-4-22-18(21)11-20-12(2)15(16(10-19)13(20)3)9-14-7-5-6-8-17(14)23;1-2-4-5-3-1/h5-8,23H,4,9,11H2,1-3H3;5H,1-4H2. The Morgan fingerprint density at radius 1 is 1.25 bits per heavy atom. The number of nitrogens with zero attached hydrogens (tertiary/aromatic N) is 2. The maximum atomic E-state index is 11.8. The fourth-order valence-electron chi connectivity index (χ4n) is 3.36. The van der Waals surface area contributed by atoms with Crippen molar-refractivity contribution in [2.24, 2.45) is 0 Å². The second-order valence-corrected chi connectivity index (χ2v) is 7.27. The van der Waals surface area contributed by atoms with Gasteiger partial charge < -0.3 is 14.6 Å². The number of nitriles is 1. The number of hydrogen-bond acceptors (Lipinski definition) is 5. The maximum Gasteiger partial charge on any atom is 0.325 e. The molecule has 1 aliphatic heterocycles. The average molecular weight is 400 g/mol. The van der Waals surface area contributed by atoms with Crippen LogP contribution in [0.5, 0.6) is 0 Å². The van der Waals surface area contributed by atoms with Crippen LogP contribution >= 0.6 is 12.6 Å². The lowest BCUT2D eigenvalue weighted by atomic mass is 10.0. The Hall–Kier alpha value is -2.23. The number of thiol groups is 1. The van der Waals surface area contributed by atoms with Crippen molar-refractivity contribution in [1.82, 2.24) is 9.88 Å². The Morgan fingerprint density at radius 3 is 2.46 bits per heavy atom. The topological polar surface area (TPSA) is 67.0 Å². The summed E-state index contributed by atoms with van der Waals surface area (Å²) < 4.78 is 6.88. The minimum absolute atomic E-state index is 0.128. The monoisotopic (exact) mass is 399 g/mol. The van der Waals surface area contributed by atoms with Crippen molar-refractivity contribution in [3.8, 4) is 6.07 Å². The Morgan fingerprint density at radius 2 is 1.93 bits per heavy atom. The molecule has 0 radical (unpaired) electrons. The van der Waals surface area contributed by atoms with Crippen molar-refractivity contribution in [2.45, 2.75) is 51.5 Å². The molecule has 2 aromatic rings. The summed E-state index contributed by atoms with van der Waals surface area (Å²) in [6.07, 6.45) is 3.39. The molecule has 150 valence electrons. The van der Waals surface area contributed by atoms with E-state index in [0.717, 1.165) is 27.4 Å². The minimum Gasteiger partial charge on any atom is -0.465 e. The number of hydrogen-bond donors (Lipinski definition) is 2. The lowest BCUT2D eigenvalue weighted by Gasteiger charge is -2.09. The van der Waals surface area contributed by atoms with E-state index in [4.69, 9.17) is 4.74 Å². The van der Waals surface area contributed by atoms with Gasteiger partial charge >= 0.3 is 5.97 Å². The highest BCUT2D eigenvalue weighted by molar-refractivity contribution is 7.80. The summed E-state index contributed by atoms with van der Waals surface area (Å²) in [4.78, 5) is 12.7. The van der Waals surface area contributed by atoms with Gasteiger partial charge in [-0.1, -0.05) is 18.2 Å². The molecule has 2 heterocycles. The largest absolute Gasteiger partial charge is 0.465 e. The van der Waals surface area contributed by atoms with Crippen molar-refractivity contribution in [2.75, 3.05) is 19.7 Å². The van der Waals surface area contributed by atoms with Crippen LogP contribution in [-0.4, -0.2) is 30.2 Å². The number of carbonyl (C=O) groups is 1. The van der Waals surface area contributed by atoms with E-state index in [-0.39, 0.29) is 12.5 Å². The Bertz CT molecular complexity index is 841. The molecule has 1 aromatic heterocycles. The van der Waals surface area contributed by atoms with Crippen molar-refractivity contribution >= 4 is 18.6 Å². The van der Waals surface area contributed by atoms with Gasteiger partial charge in [0.2, 0.25) is 0 Å². The van der Waals surface area contributed by atoms with Crippen LogP contribution in [0.2, 0.25) is 0 Å². The van der Waals surface area contributed by atoms with Crippen molar-refractivity contribution in [3.05, 3.63) is 52.3 Å². The first-order valence-corrected chi connectivity index (χ1v) is 10.2. The fraction of sp³-hybridized carbons (Fsp3) is 0.455. The molecule has 28 heavy (non-hydrogen) atoms. The van der Waals surface area contributed by atoms with E-state index in [1.54, 1.807) is 6.92 Å². The molecule has 1 fully saturated rings. The first-order chi connectivity index (χ1) is 13.5. The Kier molecular flexibility index (Phi) is 8.62. The zero-order valence-corrected chi connectivity index (χ0v) is 17.8. The third-order valence-corrected chi connectivity index (χ3v) is 5.37. The van der Waals surface area contributed by atoms with E-state index in [1.165, 1.54) is 25.9 Å². The molecule has 5 nitrogen and oxygen atoms in total. The molecule has 0 atom stereocenters. The number of aromatic nitrogens is 1. The number of carbonyl (C=O) groups excluding carboxylic acids is 1. The summed E-state index contributed by atoms with van der Waals surface area (Å²) >= 11 is 4.48. The molecule has 0 saturated carbocycles. The molecular formula is C22H29N3O2S. The SMILES string of the molecule is C1CCNC1.CCOC(=O)Cn1c(C)c(C#N)c(Cc2ccccc2S)c1C. The molecule has 1 N–H and O–H groups in total. The van der Waals surface area contributed by atoms with Crippen LogP contribution in [0.25, 0.3) is 0 Å². The second kappa shape index (κ2) is 10.9. The zero-order valence-electron chi connectivity index (χ0n) is 16.9. The van der Waals surface area contributed by atoms with Crippen molar-refractivity contribution in [1.29, 1.82) is 5.26 Å². The van der Waals surface area contributed by atoms with Crippen molar-refractivity contribution in [3.63, 3.8) is 0 Å². The second-order valence-electron chi connectivity index (χ2n) is 6.79. The van der Waals surface area contributed by atoms with Gasteiger partial charge in [0.25, 0.3) is 0 Å². The summed E-state index contributed by atoms with van der Waals surface area (Å²) in [6, 6.07) is 10.1. The van der Waals surface area contributed by atoms with E-state index >= 15 is 0 Å². The highest BCUT2D eigenvalue weighted by atomic mass is 32.1. The van der Waals surface area contributed by atoms with Crippen LogP contribution in [0.15, 0.2) is 29.2 Å². The number of esters is 1. The third kappa shape index (κ3) is 5.63. The first-order valence-electron chi connectivity index (χ1n) is 9.71. The van der Waals surface area contributed by atoms with Crippen LogP contribution in [0, 0.1) is 25.2 Å². The molecule has 1 aromatic carbocycles. The van der Waals surface area contributed by atoms with Gasteiger partial charge in [0.1, 0.15) is 12.6 Å². The quantitative estimate of drug-likeness (QED) is 0.593. The lowest BCUT2D eigenvalue weighted by molar-refractivity contribution is -0.143. The molecule has 3 rings (SSSR count). The number of nitrogens with one attached hydrogen (secondary N) is 1. The molecule has 6 heteroatoms. The fourth-order valence-corrected chi connectivity index (χ4v) is 3.60. The van der Waals surface area contributed by atoms with Gasteiger partial charge in [-0.15, -0.1) is 12.6 Å². The zero-order chi connectivity index (χ0) is 20.5. The Balaban J connectivity index is 0.000000485. The summed E-state index contributed by atoms with van der Waals surface area (Å²) in [5, 5.41) is 12.7. The van der Waals surface area contributed by atoms with Crippen LogP contribution < -0.4 is 5.32 Å². The van der Waals surface area contributed by atoms with E-state index in [9.17, 15) is 10.1 Å². The molecule has 0 unspecified atom stereocenters. The predicted octanol–water partition coefficient (Wildman–Crippen LogP) is 3.79. The van der Waals surface area contributed by atoms with Gasteiger partial charge in [-0.05, 0) is 63.9 Å². The molecule has 1 aliphatic rings. The van der Waals surface area contributed by atoms with Gasteiger partial charge in [-0.2, -0.15) is 5.26 Å². The highest BCUT2D eigenvalue weighted by Gasteiger charge is 2.20. The number of rotatable bonds is 5. The van der Waals surface area contributed by atoms with Crippen LogP contribution in [-0.2, 0) is 22.5 Å². The van der Waals surface area contributed by atoms with E-state index in [2.05, 4.69) is 24.0 Å². The van der Waals surface area contributed by atoms with Gasteiger partial charge in [-0.3, -0.25) is 4.79 Å². The summed E-state index contributed by atoms with van der Waals surface area (Å²) in [7, 11) is 0. The van der Waals surface area contributed by atoms with E-state index < -0.39 is 0 Å². The molecule has 0 spiro atoms. The molecule has 0 bridgehead atoms. The van der Waals surface area contributed by atoms with Gasteiger partial charge in [-0.25, -0.2) is 0 Å². The summed E-state index contributed by atoms with van der Waals surface area (Å²) in [5.41, 5.74) is 4.34. The van der Waals surface area contributed by atoms with E-state index in [0.29, 0.717) is 18.6 Å². The highest BCUT2D eigenvalue weighted by Crippen LogP contribution is 2.26. The van der Waals surface area contributed by atoms with Crippen LogP contribution in [0.1, 0.15) is 47.8 Å². The van der Waals surface area contributed by atoms with Gasteiger partial charge in [0.15, 0.2) is 0 Å². The van der Waals surface area contributed by atoms with Crippen molar-refractivity contribution < 1.29 is 9.53 Å². The molecule has 0 aliphatic carbocycles. The summed E-state index contributed by atoms with van der Waals surface area (Å²) in [5.74, 6) is -0.292. The Labute approximate surface area is 173 Å². The van der Waals surface area contributed by atoms with Crippen LogP contribution in [0.4, 0.5) is 0 Å². The smallest absolute Gasteiger partial charge is 0.325 e. The van der Waals surface area contributed by atoms with Crippen LogP contribution in [0.3, 0.4) is 0 Å². The normalized spacial score (nSPS) is 12.8. The van der Waals surface area contributed by atoms with Gasteiger partial charge in [0.05, 0.1) is 12.2 Å². The molecule has 1 saturated heterocycles. The van der Waals surface area contributed by atoms with Gasteiger partial charge in [0, 0.05) is 22.7 Å². The molecule has 0 amide bonds. The third-order valence-electron chi connectivity index (χ3n) is 4.93. The first kappa shape index (κ1) is 22.1. The lowest BCUT2D eigenvalue weighted by Crippen LogP contribution is -2.15. The summed E-state index contributed by atoms with van der Waals surface area (Å²) in [6.45, 7) is 8.55. The average Bonchev–Trinajstić information content (AvgIpc) is 3.32. The minimum atomic E-state index is -0.292. The predicted molar refractivity (Wildman–Crippen MR) is 114 cm³/mol. The van der Waals surface area contributed by atoms with E-state index in [1.807, 2.05) is 42.7 Å². The number of ether oxygens (including phenoxy) is 1. The maximum absolute atomic E-state index is 11.8. The number of benzene rings is 1.